The minimum Gasteiger partial charge on any atom is -0.322 e. The van der Waals surface area contributed by atoms with Crippen LogP contribution in [0.25, 0.3) is 0 Å². The normalized spacial score (nSPS) is 16.1. The van der Waals surface area contributed by atoms with Crippen molar-refractivity contribution in [2.45, 2.75) is 6.54 Å². The van der Waals surface area contributed by atoms with Gasteiger partial charge < -0.3 is 10.2 Å². The van der Waals surface area contributed by atoms with Gasteiger partial charge in [0.1, 0.15) is 5.82 Å². The molecule has 0 aromatic heterocycles. The highest BCUT2D eigenvalue weighted by Gasteiger charge is 2.13. The molecule has 0 unspecified atom stereocenters. The molecule has 0 saturated carbocycles. The SMILES string of the molecule is CN1CCN(Cc2ccc(NC(=O)c3ccc(F)cc3)cc2)CC1. The zero-order valence-electron chi connectivity index (χ0n) is 13.8. The van der Waals surface area contributed by atoms with Crippen molar-refractivity contribution in [1.82, 2.24) is 9.80 Å². The van der Waals surface area contributed by atoms with Crippen LogP contribution in [-0.4, -0.2) is 48.9 Å². The average molecular weight is 327 g/mol. The number of anilines is 1. The first-order valence-electron chi connectivity index (χ1n) is 8.17. The Morgan fingerprint density at radius 2 is 1.62 bits per heavy atom. The van der Waals surface area contributed by atoms with Gasteiger partial charge in [0.15, 0.2) is 0 Å². The molecular weight excluding hydrogens is 305 g/mol. The summed E-state index contributed by atoms with van der Waals surface area (Å²) in [6, 6.07) is 13.4. The number of nitrogens with one attached hydrogen (secondary N) is 1. The van der Waals surface area contributed by atoms with Crippen molar-refractivity contribution < 1.29 is 9.18 Å². The standard InChI is InChI=1S/C19H22FN3O/c1-22-10-12-23(13-11-22)14-15-2-8-18(9-3-15)21-19(24)16-4-6-17(20)7-5-16/h2-9H,10-14H2,1H3,(H,21,24). The van der Waals surface area contributed by atoms with E-state index in [1.165, 1.54) is 29.8 Å². The highest BCUT2D eigenvalue weighted by atomic mass is 19.1. The van der Waals surface area contributed by atoms with Crippen molar-refractivity contribution in [1.29, 1.82) is 0 Å². The highest BCUT2D eigenvalue weighted by Crippen LogP contribution is 2.14. The predicted octanol–water partition coefficient (Wildman–Crippen LogP) is 2.83. The van der Waals surface area contributed by atoms with Crippen LogP contribution in [0.3, 0.4) is 0 Å². The van der Waals surface area contributed by atoms with Gasteiger partial charge in [0.2, 0.25) is 0 Å². The van der Waals surface area contributed by atoms with E-state index in [1.807, 2.05) is 24.3 Å². The molecule has 0 aliphatic carbocycles. The lowest BCUT2D eigenvalue weighted by Crippen LogP contribution is -2.43. The molecule has 4 nitrogen and oxygen atoms in total. The second kappa shape index (κ2) is 7.55. The first kappa shape index (κ1) is 16.6. The number of likely N-dealkylation sites (N-methyl/N-ethyl adjacent to an activating group) is 1. The first-order chi connectivity index (χ1) is 11.6. The van der Waals surface area contributed by atoms with Gasteiger partial charge in [-0.1, -0.05) is 12.1 Å². The minimum atomic E-state index is -0.347. The number of benzene rings is 2. The molecule has 2 aromatic carbocycles. The van der Waals surface area contributed by atoms with Gasteiger partial charge in [0.25, 0.3) is 5.91 Å². The van der Waals surface area contributed by atoms with Crippen LogP contribution < -0.4 is 5.32 Å². The Morgan fingerprint density at radius 1 is 1.00 bits per heavy atom. The molecule has 0 bridgehead atoms. The quantitative estimate of drug-likeness (QED) is 0.938. The Hall–Kier alpha value is -2.24. The van der Waals surface area contributed by atoms with E-state index in [4.69, 9.17) is 0 Å². The van der Waals surface area contributed by atoms with Crippen LogP contribution in [0.2, 0.25) is 0 Å². The maximum Gasteiger partial charge on any atom is 0.255 e. The summed E-state index contributed by atoms with van der Waals surface area (Å²) < 4.78 is 12.9. The Labute approximate surface area is 141 Å². The molecule has 1 N–H and O–H groups in total. The van der Waals surface area contributed by atoms with Crippen molar-refractivity contribution in [3.05, 3.63) is 65.5 Å². The van der Waals surface area contributed by atoms with Crippen molar-refractivity contribution in [2.75, 3.05) is 38.5 Å². The van der Waals surface area contributed by atoms with Gasteiger partial charge in [-0.05, 0) is 49.0 Å². The molecule has 1 amide bonds. The number of hydrogen-bond acceptors (Lipinski definition) is 3. The molecule has 0 radical (unpaired) electrons. The van der Waals surface area contributed by atoms with Crippen LogP contribution in [0, 0.1) is 5.82 Å². The second-order valence-corrected chi connectivity index (χ2v) is 6.24. The van der Waals surface area contributed by atoms with E-state index in [1.54, 1.807) is 0 Å². The molecule has 126 valence electrons. The number of nitrogens with zero attached hydrogens (tertiary/aromatic N) is 2. The van der Waals surface area contributed by atoms with Gasteiger partial charge in [-0.3, -0.25) is 9.69 Å². The van der Waals surface area contributed by atoms with Crippen LogP contribution in [0.5, 0.6) is 0 Å². The summed E-state index contributed by atoms with van der Waals surface area (Å²) in [5.41, 5.74) is 2.42. The average Bonchev–Trinajstić information content (AvgIpc) is 2.59. The van der Waals surface area contributed by atoms with Crippen LogP contribution >= 0.6 is 0 Å². The lowest BCUT2D eigenvalue weighted by molar-refractivity contribution is 0.102. The Morgan fingerprint density at radius 3 is 2.25 bits per heavy atom. The fourth-order valence-corrected chi connectivity index (χ4v) is 2.76. The summed E-state index contributed by atoms with van der Waals surface area (Å²) in [5, 5.41) is 2.83. The molecule has 1 aliphatic rings. The molecule has 1 saturated heterocycles. The summed E-state index contributed by atoms with van der Waals surface area (Å²) in [5.74, 6) is -0.582. The molecule has 3 rings (SSSR count). The molecule has 24 heavy (non-hydrogen) atoms. The fraction of sp³-hybridized carbons (Fsp3) is 0.316. The number of amides is 1. The van der Waals surface area contributed by atoms with E-state index in [9.17, 15) is 9.18 Å². The van der Waals surface area contributed by atoms with E-state index in [0.29, 0.717) is 5.56 Å². The fourth-order valence-electron chi connectivity index (χ4n) is 2.76. The number of carbonyl (C=O) groups excluding carboxylic acids is 1. The lowest BCUT2D eigenvalue weighted by Gasteiger charge is -2.32. The van der Waals surface area contributed by atoms with Crippen molar-refractivity contribution >= 4 is 11.6 Å². The van der Waals surface area contributed by atoms with E-state index in [-0.39, 0.29) is 11.7 Å². The second-order valence-electron chi connectivity index (χ2n) is 6.24. The van der Waals surface area contributed by atoms with Crippen molar-refractivity contribution in [3.8, 4) is 0 Å². The van der Waals surface area contributed by atoms with E-state index < -0.39 is 0 Å². The zero-order valence-corrected chi connectivity index (χ0v) is 13.8. The third-order valence-corrected chi connectivity index (χ3v) is 4.32. The van der Waals surface area contributed by atoms with Gasteiger partial charge in [-0.25, -0.2) is 4.39 Å². The molecule has 2 aromatic rings. The monoisotopic (exact) mass is 327 g/mol. The number of piperazine rings is 1. The smallest absolute Gasteiger partial charge is 0.255 e. The van der Waals surface area contributed by atoms with Crippen molar-refractivity contribution in [2.24, 2.45) is 0 Å². The van der Waals surface area contributed by atoms with E-state index >= 15 is 0 Å². The van der Waals surface area contributed by atoms with Gasteiger partial charge in [-0.15, -0.1) is 0 Å². The van der Waals surface area contributed by atoms with E-state index in [2.05, 4.69) is 22.2 Å². The molecule has 1 heterocycles. The van der Waals surface area contributed by atoms with Crippen LogP contribution in [0.1, 0.15) is 15.9 Å². The first-order valence-corrected chi connectivity index (χ1v) is 8.17. The molecule has 0 spiro atoms. The Balaban J connectivity index is 1.56. The van der Waals surface area contributed by atoms with Gasteiger partial charge in [0, 0.05) is 44.0 Å². The maximum atomic E-state index is 12.9. The molecule has 0 atom stereocenters. The van der Waals surface area contributed by atoms with Gasteiger partial charge >= 0.3 is 0 Å². The Bertz CT molecular complexity index is 677. The minimum absolute atomic E-state index is 0.234. The Kier molecular flexibility index (Phi) is 5.23. The largest absolute Gasteiger partial charge is 0.322 e. The maximum absolute atomic E-state index is 12.9. The van der Waals surface area contributed by atoms with Crippen LogP contribution in [0.15, 0.2) is 48.5 Å². The third-order valence-electron chi connectivity index (χ3n) is 4.32. The number of hydrogen-bond donors (Lipinski definition) is 1. The molecule has 5 heteroatoms. The summed E-state index contributed by atoms with van der Waals surface area (Å²) in [4.78, 5) is 16.9. The summed E-state index contributed by atoms with van der Waals surface area (Å²) in [6.45, 7) is 5.30. The number of rotatable bonds is 4. The predicted molar refractivity (Wildman–Crippen MR) is 93.6 cm³/mol. The third kappa shape index (κ3) is 4.40. The van der Waals surface area contributed by atoms with Crippen LogP contribution in [-0.2, 0) is 6.54 Å². The van der Waals surface area contributed by atoms with Crippen molar-refractivity contribution in [3.63, 3.8) is 0 Å². The molecule has 1 aliphatic heterocycles. The van der Waals surface area contributed by atoms with Crippen LogP contribution in [0.4, 0.5) is 10.1 Å². The summed E-state index contributed by atoms with van der Waals surface area (Å²) in [6.07, 6.45) is 0. The van der Waals surface area contributed by atoms with Gasteiger partial charge in [0.05, 0.1) is 0 Å². The van der Waals surface area contributed by atoms with E-state index in [0.717, 1.165) is 38.4 Å². The molecular formula is C19H22FN3O. The number of halogens is 1. The lowest BCUT2D eigenvalue weighted by atomic mass is 10.1. The summed E-state index contributed by atoms with van der Waals surface area (Å²) >= 11 is 0. The zero-order chi connectivity index (χ0) is 16.9. The highest BCUT2D eigenvalue weighted by molar-refractivity contribution is 6.04. The topological polar surface area (TPSA) is 35.6 Å². The number of carbonyl (C=O) groups is 1. The molecule has 1 fully saturated rings. The summed E-state index contributed by atoms with van der Waals surface area (Å²) in [7, 11) is 2.15. The van der Waals surface area contributed by atoms with Gasteiger partial charge in [-0.2, -0.15) is 0 Å².